The number of carbonyl (C=O) groups excluding carboxylic acids is 2. The summed E-state index contributed by atoms with van der Waals surface area (Å²) in [5.74, 6) is -1.85. The fourth-order valence-electron chi connectivity index (χ4n) is 2.67. The van der Waals surface area contributed by atoms with Gasteiger partial charge in [0.1, 0.15) is 12.4 Å². The van der Waals surface area contributed by atoms with Crippen molar-refractivity contribution in [2.24, 2.45) is 0 Å². The van der Waals surface area contributed by atoms with Gasteiger partial charge in [0.05, 0.1) is 21.7 Å². The van der Waals surface area contributed by atoms with E-state index in [1.165, 1.54) is 45.2 Å². The highest BCUT2D eigenvalue weighted by atomic mass is 32.2. The Morgan fingerprint density at radius 3 is 2.10 bits per heavy atom. The number of esters is 1. The lowest BCUT2D eigenvalue weighted by molar-refractivity contribution is -0.113. The van der Waals surface area contributed by atoms with E-state index in [0.29, 0.717) is 5.69 Å². The minimum absolute atomic E-state index is 0.00792. The van der Waals surface area contributed by atoms with Crippen LogP contribution in [0.5, 0.6) is 0 Å². The van der Waals surface area contributed by atoms with Crippen molar-refractivity contribution >= 4 is 33.2 Å². The van der Waals surface area contributed by atoms with Crippen molar-refractivity contribution in [1.29, 1.82) is 5.41 Å². The van der Waals surface area contributed by atoms with E-state index in [2.05, 4.69) is 0 Å². The molecule has 0 amide bonds. The molecule has 0 aliphatic carbocycles. The van der Waals surface area contributed by atoms with Crippen LogP contribution in [-0.4, -0.2) is 44.6 Å². The molecule has 0 aromatic heterocycles. The first-order valence-electron chi connectivity index (χ1n) is 8.85. The number of ketones is 1. The number of anilines is 1. The van der Waals surface area contributed by atoms with Crippen LogP contribution < -0.4 is 4.31 Å². The number of benzene rings is 2. The molecule has 2 rings (SSSR count). The van der Waals surface area contributed by atoms with Crippen molar-refractivity contribution in [3.05, 3.63) is 71.5 Å². The van der Waals surface area contributed by atoms with Crippen molar-refractivity contribution in [2.45, 2.75) is 18.7 Å². The number of para-hydroxylation sites is 1. The molecule has 8 nitrogen and oxygen atoms in total. The Morgan fingerprint density at radius 2 is 1.60 bits per heavy atom. The average Bonchev–Trinajstić information content (AvgIpc) is 2.71. The maximum atomic E-state index is 12.7. The third kappa shape index (κ3) is 5.12. The Kier molecular flexibility index (Phi) is 7.12. The van der Waals surface area contributed by atoms with Crippen molar-refractivity contribution in [3.8, 4) is 0 Å². The summed E-state index contributed by atoms with van der Waals surface area (Å²) in [7, 11) is -2.39. The van der Waals surface area contributed by atoms with Gasteiger partial charge in [0.15, 0.2) is 5.78 Å². The number of hydrogen-bond acceptors (Lipinski definition) is 7. The summed E-state index contributed by atoms with van der Waals surface area (Å²) in [5.41, 5.74) is 0.201. The second kappa shape index (κ2) is 9.36. The highest BCUT2D eigenvalue weighted by Gasteiger charge is 2.22. The highest BCUT2D eigenvalue weighted by Crippen LogP contribution is 2.22. The number of Topliss-reactive ketones (excluding diaryl/α,β-unsaturated/α-hetero) is 1. The summed E-state index contributed by atoms with van der Waals surface area (Å²) < 4.78 is 31.6. The van der Waals surface area contributed by atoms with Gasteiger partial charge in [-0.1, -0.05) is 18.2 Å². The zero-order valence-corrected chi connectivity index (χ0v) is 17.6. The molecule has 0 bridgehead atoms. The van der Waals surface area contributed by atoms with Gasteiger partial charge in [0.25, 0.3) is 10.0 Å². The van der Waals surface area contributed by atoms with E-state index in [1.807, 2.05) is 0 Å². The Labute approximate surface area is 175 Å². The smallest absolute Gasteiger partial charge is 0.338 e. The van der Waals surface area contributed by atoms with Crippen molar-refractivity contribution in [3.63, 3.8) is 0 Å². The first kappa shape index (κ1) is 22.8. The van der Waals surface area contributed by atoms with E-state index in [4.69, 9.17) is 10.1 Å². The van der Waals surface area contributed by atoms with Gasteiger partial charge < -0.3 is 15.3 Å². The third-order valence-corrected chi connectivity index (χ3v) is 6.02. The molecule has 2 aromatic carbocycles. The van der Waals surface area contributed by atoms with Gasteiger partial charge in [-0.05, 0) is 50.2 Å². The predicted octanol–water partition coefficient (Wildman–Crippen LogP) is 3.11. The number of aliphatic hydroxyl groups is 1. The minimum Gasteiger partial charge on any atom is -0.508 e. The minimum atomic E-state index is -3.82. The molecule has 0 saturated carbocycles. The largest absolute Gasteiger partial charge is 0.508 e. The number of aliphatic hydroxyl groups excluding tert-OH is 1. The Balaban J connectivity index is 2.15. The molecule has 0 aliphatic heterocycles. The molecule has 9 heteroatoms. The first-order chi connectivity index (χ1) is 14.1. The molecule has 30 heavy (non-hydrogen) atoms. The lowest BCUT2D eigenvalue weighted by Gasteiger charge is -2.19. The summed E-state index contributed by atoms with van der Waals surface area (Å²) in [4.78, 5) is 23.6. The molecular formula is C21H22N2O6S. The fraction of sp³-hybridized carbons (Fsp3) is 0.190. The second-order valence-electron chi connectivity index (χ2n) is 6.41. The van der Waals surface area contributed by atoms with Crippen LogP contribution in [0.1, 0.15) is 24.2 Å². The van der Waals surface area contributed by atoms with Crippen LogP contribution in [0.4, 0.5) is 5.69 Å². The van der Waals surface area contributed by atoms with E-state index < -0.39 is 34.1 Å². The summed E-state index contributed by atoms with van der Waals surface area (Å²) in [6, 6.07) is 13.7. The average molecular weight is 430 g/mol. The molecule has 0 aliphatic rings. The summed E-state index contributed by atoms with van der Waals surface area (Å²) >= 11 is 0. The van der Waals surface area contributed by atoms with Crippen LogP contribution in [0.2, 0.25) is 0 Å². The van der Waals surface area contributed by atoms with Crippen LogP contribution in [0, 0.1) is 5.41 Å². The molecule has 0 radical (unpaired) electrons. The normalized spacial score (nSPS) is 12.0. The molecule has 2 N–H and O–H groups in total. The number of sulfonamides is 1. The van der Waals surface area contributed by atoms with Crippen molar-refractivity contribution < 1.29 is 27.9 Å². The Bertz CT molecular complexity index is 1070. The van der Waals surface area contributed by atoms with Crippen LogP contribution >= 0.6 is 0 Å². The number of nitrogens with one attached hydrogen (secondary N) is 1. The third-order valence-electron chi connectivity index (χ3n) is 4.22. The lowest BCUT2D eigenvalue weighted by Crippen LogP contribution is -2.26. The maximum absolute atomic E-state index is 12.7. The quantitative estimate of drug-likeness (QED) is 0.287. The van der Waals surface area contributed by atoms with E-state index in [0.717, 1.165) is 4.31 Å². The van der Waals surface area contributed by atoms with Crippen LogP contribution in [-0.2, 0) is 19.6 Å². The van der Waals surface area contributed by atoms with Gasteiger partial charge in [0.2, 0.25) is 0 Å². The molecule has 0 saturated heterocycles. The van der Waals surface area contributed by atoms with Crippen LogP contribution in [0.25, 0.3) is 0 Å². The fourth-order valence-corrected chi connectivity index (χ4v) is 3.87. The SMILES string of the molecule is CC(=N)/C(C(C)=O)=C(/O)COC(=O)c1ccc(S(=O)(=O)N(C)c2ccccc2)cc1. The number of nitrogens with zero attached hydrogens (tertiary/aromatic N) is 1. The predicted molar refractivity (Wildman–Crippen MR) is 112 cm³/mol. The van der Waals surface area contributed by atoms with Gasteiger partial charge in [0, 0.05) is 12.8 Å². The standard InChI is InChI=1S/C21H22N2O6S/c1-14(22)20(15(2)24)19(25)13-29-21(26)16-9-11-18(12-10-16)30(27,28)23(3)17-7-5-4-6-8-17/h4-12,22,25H,13H2,1-3H3/b20-19-,22-14?. The molecule has 0 fully saturated rings. The van der Waals surface area contributed by atoms with E-state index in [-0.39, 0.29) is 21.7 Å². The monoisotopic (exact) mass is 430 g/mol. The number of carbonyl (C=O) groups is 2. The number of allylic oxidation sites excluding steroid dienone is 1. The summed E-state index contributed by atoms with van der Waals surface area (Å²) in [6.07, 6.45) is 0. The summed E-state index contributed by atoms with van der Waals surface area (Å²) in [6.45, 7) is 1.94. The molecule has 0 heterocycles. The zero-order valence-electron chi connectivity index (χ0n) is 16.7. The van der Waals surface area contributed by atoms with Crippen LogP contribution in [0.15, 0.2) is 70.8 Å². The number of rotatable bonds is 8. The molecule has 0 atom stereocenters. The molecule has 2 aromatic rings. The highest BCUT2D eigenvalue weighted by molar-refractivity contribution is 7.92. The van der Waals surface area contributed by atoms with Gasteiger partial charge in [-0.15, -0.1) is 0 Å². The van der Waals surface area contributed by atoms with Gasteiger partial charge in [-0.2, -0.15) is 0 Å². The van der Waals surface area contributed by atoms with Crippen molar-refractivity contribution in [1.82, 2.24) is 0 Å². The molecule has 158 valence electrons. The van der Waals surface area contributed by atoms with E-state index in [9.17, 15) is 23.1 Å². The van der Waals surface area contributed by atoms with Crippen molar-refractivity contribution in [2.75, 3.05) is 18.0 Å². The van der Waals surface area contributed by atoms with Crippen LogP contribution in [0.3, 0.4) is 0 Å². The molecule has 0 spiro atoms. The zero-order chi connectivity index (χ0) is 22.5. The molecular weight excluding hydrogens is 408 g/mol. The Morgan fingerprint density at radius 1 is 1.03 bits per heavy atom. The second-order valence-corrected chi connectivity index (χ2v) is 8.38. The van der Waals surface area contributed by atoms with E-state index in [1.54, 1.807) is 30.3 Å². The summed E-state index contributed by atoms with van der Waals surface area (Å²) in [5, 5.41) is 17.4. The van der Waals surface area contributed by atoms with Gasteiger partial charge in [-0.25, -0.2) is 13.2 Å². The lowest BCUT2D eigenvalue weighted by atomic mass is 10.1. The number of hydrogen-bond donors (Lipinski definition) is 2. The van der Waals surface area contributed by atoms with Gasteiger partial charge in [-0.3, -0.25) is 9.10 Å². The maximum Gasteiger partial charge on any atom is 0.338 e. The first-order valence-corrected chi connectivity index (χ1v) is 10.3. The molecule has 0 unspecified atom stereocenters. The topological polar surface area (TPSA) is 125 Å². The van der Waals surface area contributed by atoms with Gasteiger partial charge >= 0.3 is 5.97 Å². The number of ether oxygens (including phenoxy) is 1. The van der Waals surface area contributed by atoms with E-state index >= 15 is 0 Å². The Hall–Kier alpha value is -3.46.